The van der Waals surface area contributed by atoms with Gasteiger partial charge >= 0.3 is 0 Å². The van der Waals surface area contributed by atoms with Crippen LogP contribution in [0, 0.1) is 11.3 Å². The zero-order chi connectivity index (χ0) is 14.7. The van der Waals surface area contributed by atoms with E-state index < -0.39 is 11.6 Å². The maximum absolute atomic E-state index is 11.9. The van der Waals surface area contributed by atoms with Crippen molar-refractivity contribution >= 4 is 5.91 Å². The molecule has 0 aromatic rings. The monoisotopic (exact) mass is 270 g/mol. The first-order valence-corrected chi connectivity index (χ1v) is 7.45. The molecule has 0 aromatic heterocycles. The molecule has 0 heterocycles. The van der Waals surface area contributed by atoms with Gasteiger partial charge in [0.2, 0.25) is 5.91 Å². The van der Waals surface area contributed by atoms with Crippen LogP contribution in [0.4, 0.5) is 0 Å². The predicted molar refractivity (Wildman–Crippen MR) is 77.6 cm³/mol. The standard InChI is InChI=1S/C15H30N2O2/c1-5-11(2)12(16)13(18)17-10-15(19)8-6-14(3,4)7-9-15/h11-12,19H,5-10,16H2,1-4H3,(H,17,18). The molecule has 0 saturated heterocycles. The van der Waals surface area contributed by atoms with Crippen molar-refractivity contribution in [1.82, 2.24) is 5.32 Å². The molecule has 0 spiro atoms. The maximum Gasteiger partial charge on any atom is 0.237 e. The largest absolute Gasteiger partial charge is 0.388 e. The molecule has 4 nitrogen and oxygen atoms in total. The molecule has 2 atom stereocenters. The summed E-state index contributed by atoms with van der Waals surface area (Å²) in [4.78, 5) is 11.9. The van der Waals surface area contributed by atoms with Gasteiger partial charge in [-0.25, -0.2) is 0 Å². The van der Waals surface area contributed by atoms with Gasteiger partial charge in [0.05, 0.1) is 11.6 Å². The topological polar surface area (TPSA) is 75.4 Å². The van der Waals surface area contributed by atoms with Gasteiger partial charge in [-0.3, -0.25) is 4.79 Å². The van der Waals surface area contributed by atoms with Gasteiger partial charge in [0.1, 0.15) is 0 Å². The molecule has 1 rings (SSSR count). The highest BCUT2D eigenvalue weighted by Gasteiger charge is 2.37. The van der Waals surface area contributed by atoms with Gasteiger partial charge in [-0.05, 0) is 37.0 Å². The number of aliphatic hydroxyl groups is 1. The minimum absolute atomic E-state index is 0.146. The number of rotatable bonds is 5. The first-order chi connectivity index (χ1) is 8.69. The Balaban J connectivity index is 2.42. The normalized spacial score (nSPS) is 24.5. The van der Waals surface area contributed by atoms with Gasteiger partial charge in [0, 0.05) is 6.54 Å². The molecular weight excluding hydrogens is 240 g/mol. The zero-order valence-corrected chi connectivity index (χ0v) is 12.8. The van der Waals surface area contributed by atoms with E-state index in [-0.39, 0.29) is 11.8 Å². The second-order valence-electron chi connectivity index (χ2n) is 7.02. The lowest BCUT2D eigenvalue weighted by Crippen LogP contribution is -2.51. The predicted octanol–water partition coefficient (Wildman–Crippen LogP) is 1.81. The Labute approximate surface area is 117 Å². The third kappa shape index (κ3) is 4.77. The van der Waals surface area contributed by atoms with Crippen LogP contribution in [0.2, 0.25) is 0 Å². The fourth-order valence-electron chi connectivity index (χ4n) is 2.45. The molecule has 0 aromatic carbocycles. The number of amides is 1. The van der Waals surface area contributed by atoms with E-state index in [0.29, 0.717) is 12.0 Å². The van der Waals surface area contributed by atoms with Crippen LogP contribution in [-0.2, 0) is 4.79 Å². The molecule has 19 heavy (non-hydrogen) atoms. The van der Waals surface area contributed by atoms with Gasteiger partial charge in [-0.15, -0.1) is 0 Å². The van der Waals surface area contributed by atoms with E-state index in [9.17, 15) is 9.90 Å². The van der Waals surface area contributed by atoms with Crippen molar-refractivity contribution in [2.24, 2.45) is 17.1 Å². The fraction of sp³-hybridized carbons (Fsp3) is 0.933. The van der Waals surface area contributed by atoms with E-state index in [0.717, 1.165) is 32.1 Å². The fourth-order valence-corrected chi connectivity index (χ4v) is 2.45. The Kier molecular flexibility index (Phi) is 5.39. The van der Waals surface area contributed by atoms with Crippen LogP contribution in [0.3, 0.4) is 0 Å². The van der Waals surface area contributed by atoms with E-state index in [1.54, 1.807) is 0 Å². The summed E-state index contributed by atoms with van der Waals surface area (Å²) in [5.74, 6) is 0.0209. The van der Waals surface area contributed by atoms with Crippen LogP contribution in [-0.4, -0.2) is 29.2 Å². The molecule has 1 aliphatic rings. The summed E-state index contributed by atoms with van der Waals surface area (Å²) >= 11 is 0. The van der Waals surface area contributed by atoms with Gasteiger partial charge in [0.15, 0.2) is 0 Å². The van der Waals surface area contributed by atoms with Crippen molar-refractivity contribution in [3.05, 3.63) is 0 Å². The molecule has 112 valence electrons. The molecule has 1 saturated carbocycles. The molecule has 0 aliphatic heterocycles. The Morgan fingerprint density at radius 1 is 1.32 bits per heavy atom. The van der Waals surface area contributed by atoms with E-state index in [2.05, 4.69) is 19.2 Å². The molecular formula is C15H30N2O2. The maximum atomic E-state index is 11.9. The van der Waals surface area contributed by atoms with Crippen molar-refractivity contribution in [1.29, 1.82) is 0 Å². The number of carbonyl (C=O) groups is 1. The van der Waals surface area contributed by atoms with Gasteiger partial charge in [-0.1, -0.05) is 34.1 Å². The third-order valence-electron chi connectivity index (χ3n) is 4.69. The SMILES string of the molecule is CCC(C)C(N)C(=O)NCC1(O)CCC(C)(C)CC1. The molecule has 1 amide bonds. The highest BCUT2D eigenvalue weighted by atomic mass is 16.3. The molecule has 1 fully saturated rings. The number of hydrogen-bond donors (Lipinski definition) is 3. The van der Waals surface area contributed by atoms with Crippen molar-refractivity contribution in [2.75, 3.05) is 6.54 Å². The minimum Gasteiger partial charge on any atom is -0.388 e. The smallest absolute Gasteiger partial charge is 0.237 e. The van der Waals surface area contributed by atoms with Crippen molar-refractivity contribution in [3.8, 4) is 0 Å². The van der Waals surface area contributed by atoms with Crippen LogP contribution in [0.1, 0.15) is 59.8 Å². The molecule has 0 radical (unpaired) electrons. The lowest BCUT2D eigenvalue weighted by Gasteiger charge is -2.40. The Hall–Kier alpha value is -0.610. The first-order valence-electron chi connectivity index (χ1n) is 7.45. The summed E-state index contributed by atoms with van der Waals surface area (Å²) in [5.41, 5.74) is 5.44. The highest BCUT2D eigenvalue weighted by Crippen LogP contribution is 2.39. The van der Waals surface area contributed by atoms with E-state index in [1.165, 1.54) is 0 Å². The molecule has 4 heteroatoms. The van der Waals surface area contributed by atoms with Crippen LogP contribution >= 0.6 is 0 Å². The number of nitrogens with one attached hydrogen (secondary N) is 1. The molecule has 4 N–H and O–H groups in total. The summed E-state index contributed by atoms with van der Waals surface area (Å²) in [6.07, 6.45) is 4.37. The third-order valence-corrected chi connectivity index (χ3v) is 4.69. The van der Waals surface area contributed by atoms with Crippen LogP contribution in [0.15, 0.2) is 0 Å². The Morgan fingerprint density at radius 2 is 1.84 bits per heavy atom. The van der Waals surface area contributed by atoms with Crippen LogP contribution in [0.25, 0.3) is 0 Å². The molecule has 1 aliphatic carbocycles. The van der Waals surface area contributed by atoms with E-state index in [4.69, 9.17) is 5.73 Å². The average Bonchev–Trinajstić information content (AvgIpc) is 2.38. The highest BCUT2D eigenvalue weighted by molar-refractivity contribution is 5.81. The lowest BCUT2D eigenvalue weighted by atomic mass is 9.71. The Morgan fingerprint density at radius 3 is 2.32 bits per heavy atom. The number of nitrogens with two attached hydrogens (primary N) is 1. The summed E-state index contributed by atoms with van der Waals surface area (Å²) in [7, 11) is 0. The number of carbonyl (C=O) groups excluding carboxylic acids is 1. The Bertz CT molecular complexity index is 305. The van der Waals surface area contributed by atoms with Crippen molar-refractivity contribution in [2.45, 2.75) is 71.4 Å². The summed E-state index contributed by atoms with van der Waals surface area (Å²) in [6, 6.07) is -0.478. The van der Waals surface area contributed by atoms with E-state index >= 15 is 0 Å². The lowest BCUT2D eigenvalue weighted by molar-refractivity contribution is -0.125. The van der Waals surface area contributed by atoms with Gasteiger partial charge in [-0.2, -0.15) is 0 Å². The zero-order valence-electron chi connectivity index (χ0n) is 12.8. The van der Waals surface area contributed by atoms with Crippen molar-refractivity contribution in [3.63, 3.8) is 0 Å². The number of hydrogen-bond acceptors (Lipinski definition) is 3. The van der Waals surface area contributed by atoms with E-state index in [1.807, 2.05) is 13.8 Å². The average molecular weight is 270 g/mol. The molecule has 0 bridgehead atoms. The summed E-state index contributed by atoms with van der Waals surface area (Å²) in [6.45, 7) is 8.77. The van der Waals surface area contributed by atoms with Gasteiger partial charge < -0.3 is 16.2 Å². The van der Waals surface area contributed by atoms with Gasteiger partial charge in [0.25, 0.3) is 0 Å². The quantitative estimate of drug-likeness (QED) is 0.713. The summed E-state index contributed by atoms with van der Waals surface area (Å²) in [5, 5.41) is 13.3. The van der Waals surface area contributed by atoms with Crippen LogP contribution in [0.5, 0.6) is 0 Å². The van der Waals surface area contributed by atoms with Crippen LogP contribution < -0.4 is 11.1 Å². The second-order valence-corrected chi connectivity index (χ2v) is 7.02. The second kappa shape index (κ2) is 6.23. The first kappa shape index (κ1) is 16.4. The molecule has 2 unspecified atom stereocenters. The van der Waals surface area contributed by atoms with Crippen molar-refractivity contribution < 1.29 is 9.90 Å². The minimum atomic E-state index is -0.750. The summed E-state index contributed by atoms with van der Waals surface area (Å²) < 4.78 is 0.